The zero-order chi connectivity index (χ0) is 12.4. The molecule has 86 valence electrons. The summed E-state index contributed by atoms with van der Waals surface area (Å²) in [5, 5.41) is 14.7. The van der Waals surface area contributed by atoms with Gasteiger partial charge in [0.1, 0.15) is 0 Å². The van der Waals surface area contributed by atoms with Gasteiger partial charge in [-0.05, 0) is 22.9 Å². The van der Waals surface area contributed by atoms with Gasteiger partial charge in [-0.1, -0.05) is 42.5 Å². The van der Waals surface area contributed by atoms with Crippen molar-refractivity contribution in [3.63, 3.8) is 0 Å². The van der Waals surface area contributed by atoms with E-state index in [0.29, 0.717) is 5.56 Å². The predicted molar refractivity (Wildman–Crippen MR) is 71.8 cm³/mol. The Balaban J connectivity index is 2.35. The van der Waals surface area contributed by atoms with Gasteiger partial charge in [-0.15, -0.1) is 0 Å². The van der Waals surface area contributed by atoms with Gasteiger partial charge in [0.15, 0.2) is 0 Å². The molecular weight excluding hydrogens is 220 g/mol. The topological polar surface area (TPSA) is 35.8 Å². The zero-order valence-corrected chi connectivity index (χ0v) is 9.85. The van der Waals surface area contributed by atoms with Gasteiger partial charge in [-0.2, -0.15) is 5.26 Å². The van der Waals surface area contributed by atoms with E-state index in [1.807, 2.05) is 36.4 Å². The molecule has 1 aliphatic rings. The lowest BCUT2D eigenvalue weighted by molar-refractivity contribution is 1.01. The number of hydrogen-bond acceptors (Lipinski definition) is 2. The van der Waals surface area contributed by atoms with Crippen LogP contribution >= 0.6 is 0 Å². The highest BCUT2D eigenvalue weighted by molar-refractivity contribution is 5.66. The molecule has 1 N–H and O–H groups in total. The minimum absolute atomic E-state index is 0.694. The molecule has 0 atom stereocenters. The normalized spacial score (nSPS) is 12.9. The fraction of sp³-hybridized carbons (Fsp3) is 0.0625. The van der Waals surface area contributed by atoms with Gasteiger partial charge < -0.3 is 5.32 Å². The van der Waals surface area contributed by atoms with Crippen molar-refractivity contribution in [2.75, 3.05) is 6.54 Å². The first-order chi connectivity index (χ1) is 8.88. The standard InChI is InChI=1S/C16H12N2/c17-11-12-6-7-13-8-9-18-16(15(13)10-12)14-4-2-1-3-5-14/h1-8,10,18H,9H2. The van der Waals surface area contributed by atoms with Crippen LogP contribution in [0.3, 0.4) is 0 Å². The number of nitrogens with zero attached hydrogens (tertiary/aromatic N) is 1. The molecule has 2 aromatic rings. The minimum Gasteiger partial charge on any atom is -0.381 e. The molecule has 0 spiro atoms. The van der Waals surface area contributed by atoms with Crippen molar-refractivity contribution in [3.05, 3.63) is 70.1 Å². The predicted octanol–water partition coefficient (Wildman–Crippen LogP) is 1.10. The molecule has 0 saturated heterocycles. The van der Waals surface area contributed by atoms with Gasteiger partial charge in [0, 0.05) is 17.5 Å². The van der Waals surface area contributed by atoms with Gasteiger partial charge in [-0.25, -0.2) is 0 Å². The number of fused-ring (bicyclic) bond motifs is 1. The third-order valence-electron chi connectivity index (χ3n) is 3.12. The fourth-order valence-corrected chi connectivity index (χ4v) is 2.24. The van der Waals surface area contributed by atoms with Crippen LogP contribution in [0.15, 0.2) is 48.5 Å². The summed E-state index contributed by atoms with van der Waals surface area (Å²) in [7, 11) is 0. The lowest BCUT2D eigenvalue weighted by atomic mass is 10.0. The van der Waals surface area contributed by atoms with Gasteiger partial charge in [0.05, 0.1) is 11.6 Å². The number of rotatable bonds is 1. The van der Waals surface area contributed by atoms with E-state index in [9.17, 15) is 0 Å². The van der Waals surface area contributed by atoms with Gasteiger partial charge in [0.2, 0.25) is 0 Å². The maximum Gasteiger partial charge on any atom is 0.0991 e. The average molecular weight is 232 g/mol. The summed E-state index contributed by atoms with van der Waals surface area (Å²) in [4.78, 5) is 0. The number of nitriles is 1. The van der Waals surface area contributed by atoms with Crippen LogP contribution in [-0.4, -0.2) is 6.54 Å². The molecule has 2 aromatic carbocycles. The number of nitrogens with one attached hydrogen (secondary N) is 1. The molecule has 0 aliphatic carbocycles. The van der Waals surface area contributed by atoms with Crippen molar-refractivity contribution in [1.82, 2.24) is 5.32 Å². The Bertz CT molecular complexity index is 737. The van der Waals surface area contributed by atoms with E-state index >= 15 is 0 Å². The second kappa shape index (κ2) is 4.38. The van der Waals surface area contributed by atoms with Crippen molar-refractivity contribution in [2.45, 2.75) is 0 Å². The Labute approximate surface area is 106 Å². The summed E-state index contributed by atoms with van der Waals surface area (Å²) in [6.45, 7) is 0.823. The number of benzene rings is 2. The summed E-state index contributed by atoms with van der Waals surface area (Å²) < 4.78 is 0. The zero-order valence-electron chi connectivity index (χ0n) is 9.85. The molecule has 0 saturated carbocycles. The quantitative estimate of drug-likeness (QED) is 0.799. The maximum absolute atomic E-state index is 9.01. The molecule has 0 aromatic heterocycles. The van der Waals surface area contributed by atoms with Crippen molar-refractivity contribution < 1.29 is 0 Å². The third kappa shape index (κ3) is 1.76. The second-order valence-corrected chi connectivity index (χ2v) is 4.24. The van der Waals surface area contributed by atoms with Crippen LogP contribution in [0.25, 0.3) is 11.8 Å². The Morgan fingerprint density at radius 2 is 1.89 bits per heavy atom. The van der Waals surface area contributed by atoms with Crippen LogP contribution < -0.4 is 15.8 Å². The first-order valence-electron chi connectivity index (χ1n) is 5.92. The minimum atomic E-state index is 0.694. The smallest absolute Gasteiger partial charge is 0.0991 e. The van der Waals surface area contributed by atoms with E-state index in [-0.39, 0.29) is 0 Å². The molecule has 18 heavy (non-hydrogen) atoms. The Hall–Kier alpha value is -2.53. The molecule has 2 heteroatoms. The molecule has 0 amide bonds. The van der Waals surface area contributed by atoms with E-state index in [1.165, 1.54) is 5.22 Å². The van der Waals surface area contributed by atoms with Crippen molar-refractivity contribution in [3.8, 4) is 6.07 Å². The molecule has 0 bridgehead atoms. The maximum atomic E-state index is 9.01. The average Bonchev–Trinajstić information content (AvgIpc) is 2.47. The van der Waals surface area contributed by atoms with Gasteiger partial charge >= 0.3 is 0 Å². The van der Waals surface area contributed by atoms with E-state index in [0.717, 1.165) is 23.0 Å². The van der Waals surface area contributed by atoms with Crippen molar-refractivity contribution in [1.29, 1.82) is 5.26 Å². The molecule has 1 aliphatic heterocycles. The van der Waals surface area contributed by atoms with Crippen LogP contribution in [-0.2, 0) is 0 Å². The van der Waals surface area contributed by atoms with E-state index in [4.69, 9.17) is 5.26 Å². The molecule has 0 radical (unpaired) electrons. The third-order valence-corrected chi connectivity index (χ3v) is 3.12. The van der Waals surface area contributed by atoms with Crippen LogP contribution in [0.2, 0.25) is 0 Å². The lowest BCUT2D eigenvalue weighted by Crippen LogP contribution is -2.37. The van der Waals surface area contributed by atoms with Crippen LogP contribution in [0.1, 0.15) is 11.1 Å². The summed E-state index contributed by atoms with van der Waals surface area (Å²) in [5.41, 5.74) is 2.95. The Morgan fingerprint density at radius 1 is 1.06 bits per heavy atom. The Morgan fingerprint density at radius 3 is 2.67 bits per heavy atom. The summed E-state index contributed by atoms with van der Waals surface area (Å²) >= 11 is 0. The molecule has 0 unspecified atom stereocenters. The first kappa shape index (κ1) is 10.6. The highest BCUT2D eigenvalue weighted by Crippen LogP contribution is 2.08. The largest absolute Gasteiger partial charge is 0.381 e. The molecule has 1 heterocycles. The first-order valence-corrected chi connectivity index (χ1v) is 5.92. The SMILES string of the molecule is N#Cc1ccc2c(c1)=C(c1ccccc1)NCC=2. The number of hydrogen-bond donors (Lipinski definition) is 1. The van der Waals surface area contributed by atoms with Gasteiger partial charge in [0.25, 0.3) is 0 Å². The monoisotopic (exact) mass is 232 g/mol. The highest BCUT2D eigenvalue weighted by Gasteiger charge is 2.06. The molecule has 3 rings (SSSR count). The fourth-order valence-electron chi connectivity index (χ4n) is 2.24. The Kier molecular flexibility index (Phi) is 2.59. The van der Waals surface area contributed by atoms with Crippen molar-refractivity contribution >= 4 is 11.8 Å². The molecule has 2 nitrogen and oxygen atoms in total. The van der Waals surface area contributed by atoms with Crippen molar-refractivity contribution in [2.24, 2.45) is 0 Å². The van der Waals surface area contributed by atoms with Crippen LogP contribution in [0.4, 0.5) is 0 Å². The van der Waals surface area contributed by atoms with Crippen LogP contribution in [0.5, 0.6) is 0 Å². The molecule has 0 fully saturated rings. The summed E-state index contributed by atoms with van der Waals surface area (Å²) in [5.74, 6) is 0. The van der Waals surface area contributed by atoms with Gasteiger partial charge in [-0.3, -0.25) is 0 Å². The van der Waals surface area contributed by atoms with E-state index in [2.05, 4.69) is 29.6 Å². The lowest BCUT2D eigenvalue weighted by Gasteiger charge is -2.14. The molecular formula is C16H12N2. The summed E-state index contributed by atoms with van der Waals surface area (Å²) in [6.07, 6.45) is 2.14. The second-order valence-electron chi connectivity index (χ2n) is 4.24. The van der Waals surface area contributed by atoms with E-state index < -0.39 is 0 Å². The van der Waals surface area contributed by atoms with E-state index in [1.54, 1.807) is 0 Å². The summed E-state index contributed by atoms with van der Waals surface area (Å²) in [6, 6.07) is 18.2. The van der Waals surface area contributed by atoms with Crippen LogP contribution in [0, 0.1) is 11.3 Å². The highest BCUT2D eigenvalue weighted by atomic mass is 14.9.